The van der Waals surface area contributed by atoms with Gasteiger partial charge in [0, 0.05) is 6.54 Å². The molecule has 0 saturated heterocycles. The molecule has 0 aliphatic carbocycles. The van der Waals surface area contributed by atoms with Crippen LogP contribution in [0.1, 0.15) is 31.9 Å². The van der Waals surface area contributed by atoms with Crippen LogP contribution in [0.2, 0.25) is 0 Å². The van der Waals surface area contributed by atoms with E-state index in [4.69, 9.17) is 0 Å². The minimum Gasteiger partial charge on any atom is -0.350 e. The van der Waals surface area contributed by atoms with Gasteiger partial charge in [0.15, 0.2) is 0 Å². The Labute approximate surface area is 116 Å². The molecule has 0 heterocycles. The van der Waals surface area contributed by atoms with E-state index in [-0.39, 0.29) is 18.0 Å². The molecule has 0 aromatic heterocycles. The first kappa shape index (κ1) is 16.5. The topological polar surface area (TPSA) is 41.1 Å². The lowest BCUT2D eigenvalue weighted by Gasteiger charge is -2.24. The van der Waals surface area contributed by atoms with Gasteiger partial charge in [0.05, 0.1) is 11.1 Å². The molecule has 0 radical (unpaired) electrons. The third kappa shape index (κ3) is 4.23. The van der Waals surface area contributed by atoms with Crippen molar-refractivity contribution in [3.05, 3.63) is 35.4 Å². The molecule has 0 bridgehead atoms. The molecular weight excluding hydrogens is 269 g/mol. The van der Waals surface area contributed by atoms with Crippen LogP contribution < -0.4 is 10.6 Å². The molecule has 0 unspecified atom stereocenters. The number of hydrogen-bond donors (Lipinski definition) is 2. The molecule has 1 amide bonds. The van der Waals surface area contributed by atoms with Gasteiger partial charge in [-0.1, -0.05) is 25.1 Å². The Hall–Kier alpha value is -1.56. The fourth-order valence-corrected chi connectivity index (χ4v) is 1.87. The molecule has 0 aliphatic heterocycles. The second-order valence-corrected chi connectivity index (χ2v) is 4.99. The normalized spacial score (nSPS) is 12.3. The summed E-state index contributed by atoms with van der Waals surface area (Å²) in [5, 5.41) is 5.50. The second-order valence-electron chi connectivity index (χ2n) is 4.99. The van der Waals surface area contributed by atoms with Crippen LogP contribution in [-0.4, -0.2) is 18.0 Å². The number of amides is 1. The maximum Gasteiger partial charge on any atom is 0.416 e. The first-order chi connectivity index (χ1) is 9.18. The largest absolute Gasteiger partial charge is 0.416 e. The number of carbonyl (C=O) groups excluding carboxylic acids is 1. The van der Waals surface area contributed by atoms with E-state index in [0.29, 0.717) is 6.54 Å². The summed E-state index contributed by atoms with van der Waals surface area (Å²) in [6.07, 6.45) is -4.42. The molecule has 112 valence electrons. The van der Waals surface area contributed by atoms with Crippen molar-refractivity contribution in [3.63, 3.8) is 0 Å². The third-order valence-corrected chi connectivity index (χ3v) is 2.95. The quantitative estimate of drug-likeness (QED) is 0.874. The number of benzene rings is 1. The van der Waals surface area contributed by atoms with Gasteiger partial charge >= 0.3 is 6.18 Å². The van der Waals surface area contributed by atoms with Gasteiger partial charge in [-0.2, -0.15) is 13.2 Å². The van der Waals surface area contributed by atoms with Gasteiger partial charge in [0.25, 0.3) is 0 Å². The van der Waals surface area contributed by atoms with Gasteiger partial charge in [0.2, 0.25) is 5.91 Å². The molecule has 6 heteroatoms. The first-order valence-electron chi connectivity index (χ1n) is 6.37. The van der Waals surface area contributed by atoms with E-state index < -0.39 is 17.3 Å². The van der Waals surface area contributed by atoms with Crippen LogP contribution in [-0.2, 0) is 17.5 Å². The van der Waals surface area contributed by atoms with E-state index in [1.54, 1.807) is 13.8 Å². The lowest BCUT2D eigenvalue weighted by molar-refractivity contribution is -0.138. The Balaban J connectivity index is 2.79. The van der Waals surface area contributed by atoms with E-state index in [9.17, 15) is 18.0 Å². The maximum atomic E-state index is 12.8. The number of alkyl halides is 3. The van der Waals surface area contributed by atoms with Crippen LogP contribution in [0.3, 0.4) is 0 Å². The highest BCUT2D eigenvalue weighted by molar-refractivity contribution is 5.85. The number of halogens is 3. The van der Waals surface area contributed by atoms with Crippen molar-refractivity contribution in [3.8, 4) is 0 Å². The lowest BCUT2D eigenvalue weighted by atomic mass is 10.0. The Kier molecular flexibility index (Phi) is 5.16. The smallest absolute Gasteiger partial charge is 0.350 e. The number of hydrogen-bond acceptors (Lipinski definition) is 2. The average Bonchev–Trinajstić information content (AvgIpc) is 2.35. The van der Waals surface area contributed by atoms with Crippen LogP contribution >= 0.6 is 0 Å². The molecule has 20 heavy (non-hydrogen) atoms. The van der Waals surface area contributed by atoms with Gasteiger partial charge < -0.3 is 10.6 Å². The van der Waals surface area contributed by atoms with Crippen molar-refractivity contribution in [2.75, 3.05) is 6.54 Å². The predicted octanol–water partition coefficient (Wildman–Crippen LogP) is 2.71. The first-order valence-corrected chi connectivity index (χ1v) is 6.37. The zero-order valence-corrected chi connectivity index (χ0v) is 11.8. The van der Waals surface area contributed by atoms with E-state index in [0.717, 1.165) is 6.07 Å². The summed E-state index contributed by atoms with van der Waals surface area (Å²) in [7, 11) is 0. The molecular formula is C14H19F3N2O. The van der Waals surface area contributed by atoms with Crippen molar-refractivity contribution in [2.45, 2.75) is 39.0 Å². The number of carbonyl (C=O) groups is 1. The van der Waals surface area contributed by atoms with Crippen molar-refractivity contribution in [1.29, 1.82) is 0 Å². The third-order valence-electron chi connectivity index (χ3n) is 2.95. The molecule has 0 fully saturated rings. The Morgan fingerprint density at radius 3 is 2.35 bits per heavy atom. The second kappa shape index (κ2) is 6.26. The highest BCUT2D eigenvalue weighted by Crippen LogP contribution is 2.31. The van der Waals surface area contributed by atoms with Gasteiger partial charge in [-0.05, 0) is 32.0 Å². The Morgan fingerprint density at radius 2 is 1.80 bits per heavy atom. The molecule has 1 rings (SSSR count). The summed E-state index contributed by atoms with van der Waals surface area (Å²) in [5.41, 5.74) is -1.48. The minimum absolute atomic E-state index is 0.0562. The average molecular weight is 288 g/mol. The van der Waals surface area contributed by atoms with Gasteiger partial charge in [0.1, 0.15) is 0 Å². The summed E-state index contributed by atoms with van der Waals surface area (Å²) < 4.78 is 38.4. The SMILES string of the molecule is CCNC(C)(C)C(=O)NCc1ccccc1C(F)(F)F. The highest BCUT2D eigenvalue weighted by atomic mass is 19.4. The predicted molar refractivity (Wildman–Crippen MR) is 71.0 cm³/mol. The van der Waals surface area contributed by atoms with Crippen molar-refractivity contribution in [2.24, 2.45) is 0 Å². The molecule has 3 nitrogen and oxygen atoms in total. The van der Waals surface area contributed by atoms with Gasteiger partial charge in [-0.3, -0.25) is 4.79 Å². The number of likely N-dealkylation sites (N-methyl/N-ethyl adjacent to an activating group) is 1. The van der Waals surface area contributed by atoms with E-state index >= 15 is 0 Å². The van der Waals surface area contributed by atoms with Crippen LogP contribution in [0.5, 0.6) is 0 Å². The number of nitrogens with one attached hydrogen (secondary N) is 2. The van der Waals surface area contributed by atoms with Crippen molar-refractivity contribution < 1.29 is 18.0 Å². The van der Waals surface area contributed by atoms with Crippen LogP contribution in [0.15, 0.2) is 24.3 Å². The zero-order valence-electron chi connectivity index (χ0n) is 11.8. The van der Waals surface area contributed by atoms with Crippen LogP contribution in [0.25, 0.3) is 0 Å². The molecule has 0 saturated carbocycles. The summed E-state index contributed by atoms with van der Waals surface area (Å²) in [6.45, 7) is 5.67. The zero-order chi connectivity index (χ0) is 15.4. The molecule has 2 N–H and O–H groups in total. The summed E-state index contributed by atoms with van der Waals surface area (Å²) >= 11 is 0. The fraction of sp³-hybridized carbons (Fsp3) is 0.500. The van der Waals surface area contributed by atoms with Crippen molar-refractivity contribution >= 4 is 5.91 Å². The monoisotopic (exact) mass is 288 g/mol. The van der Waals surface area contributed by atoms with Crippen LogP contribution in [0.4, 0.5) is 13.2 Å². The Bertz CT molecular complexity index is 470. The highest BCUT2D eigenvalue weighted by Gasteiger charge is 2.33. The molecule has 0 atom stereocenters. The van der Waals surface area contributed by atoms with Gasteiger partial charge in [-0.15, -0.1) is 0 Å². The fourth-order valence-electron chi connectivity index (χ4n) is 1.87. The van der Waals surface area contributed by atoms with Crippen LogP contribution in [0, 0.1) is 0 Å². The van der Waals surface area contributed by atoms with E-state index in [1.807, 2.05) is 6.92 Å². The van der Waals surface area contributed by atoms with Crippen molar-refractivity contribution in [1.82, 2.24) is 10.6 Å². The molecule has 0 aliphatic rings. The standard InChI is InChI=1S/C14H19F3N2O/c1-4-19-13(2,3)12(20)18-9-10-7-5-6-8-11(10)14(15,16)17/h5-8,19H,4,9H2,1-3H3,(H,18,20). The van der Waals surface area contributed by atoms with E-state index in [2.05, 4.69) is 10.6 Å². The molecule has 1 aromatic carbocycles. The maximum absolute atomic E-state index is 12.8. The van der Waals surface area contributed by atoms with E-state index in [1.165, 1.54) is 18.2 Å². The summed E-state index contributed by atoms with van der Waals surface area (Å²) in [5.74, 6) is -0.337. The molecule has 1 aromatic rings. The van der Waals surface area contributed by atoms with Gasteiger partial charge in [-0.25, -0.2) is 0 Å². The minimum atomic E-state index is -4.42. The summed E-state index contributed by atoms with van der Waals surface area (Å²) in [4.78, 5) is 11.9. The lowest BCUT2D eigenvalue weighted by Crippen LogP contribution is -2.52. The number of rotatable bonds is 5. The Morgan fingerprint density at radius 1 is 1.20 bits per heavy atom. The summed E-state index contributed by atoms with van der Waals surface area (Å²) in [6, 6.07) is 5.23. The molecule has 0 spiro atoms.